The van der Waals surface area contributed by atoms with Gasteiger partial charge in [0, 0.05) is 0 Å². The van der Waals surface area contributed by atoms with Gasteiger partial charge in [-0.15, -0.1) is 6.58 Å². The molecular formula is C16H18N2O. The van der Waals surface area contributed by atoms with Gasteiger partial charge in [-0.1, -0.05) is 42.5 Å². The quantitative estimate of drug-likeness (QED) is 0.614. The van der Waals surface area contributed by atoms with E-state index >= 15 is 0 Å². The predicted molar refractivity (Wildman–Crippen MR) is 79.2 cm³/mol. The van der Waals surface area contributed by atoms with Crippen LogP contribution in [0.4, 0.5) is 11.4 Å². The minimum atomic E-state index is -0.194. The first-order valence-electron chi connectivity index (χ1n) is 6.25. The van der Waals surface area contributed by atoms with Crippen LogP contribution in [-0.4, -0.2) is 17.8 Å². The Hall–Kier alpha value is -2.10. The highest BCUT2D eigenvalue weighted by Crippen LogP contribution is 2.22. The second-order valence-corrected chi connectivity index (χ2v) is 4.16. The van der Waals surface area contributed by atoms with Gasteiger partial charge in [0.1, 0.15) is 0 Å². The van der Waals surface area contributed by atoms with E-state index in [1.807, 2.05) is 65.7 Å². The molecule has 3 heteroatoms. The summed E-state index contributed by atoms with van der Waals surface area (Å²) >= 11 is 0. The molecule has 0 amide bonds. The van der Waals surface area contributed by atoms with Crippen molar-refractivity contribution in [3.63, 3.8) is 0 Å². The molecule has 2 aromatic rings. The number of nitrogens with one attached hydrogen (secondary N) is 1. The molecule has 2 N–H and O–H groups in total. The van der Waals surface area contributed by atoms with E-state index in [0.29, 0.717) is 0 Å². The average molecular weight is 254 g/mol. The van der Waals surface area contributed by atoms with E-state index < -0.39 is 0 Å². The minimum Gasteiger partial charge on any atom is -0.394 e. The molecule has 19 heavy (non-hydrogen) atoms. The lowest BCUT2D eigenvalue weighted by Crippen LogP contribution is -2.42. The van der Waals surface area contributed by atoms with Crippen molar-refractivity contribution in [2.75, 3.05) is 11.6 Å². The molecule has 98 valence electrons. The number of para-hydroxylation sites is 2. The van der Waals surface area contributed by atoms with E-state index in [1.165, 1.54) is 0 Å². The molecule has 0 bridgehead atoms. The summed E-state index contributed by atoms with van der Waals surface area (Å²) in [5.74, 6) is 0. The summed E-state index contributed by atoms with van der Waals surface area (Å²) in [4.78, 5) is 0. The van der Waals surface area contributed by atoms with Crippen LogP contribution in [0, 0.1) is 0 Å². The normalized spacial score (nSPS) is 11.8. The maximum absolute atomic E-state index is 9.31. The molecule has 0 aliphatic heterocycles. The molecule has 2 aromatic carbocycles. The summed E-state index contributed by atoms with van der Waals surface area (Å²) in [6.45, 7) is 3.72. The van der Waals surface area contributed by atoms with Crippen molar-refractivity contribution < 1.29 is 5.11 Å². The molecule has 0 aromatic heterocycles. The Bertz CT molecular complexity index is 459. The van der Waals surface area contributed by atoms with Crippen molar-refractivity contribution in [2.45, 2.75) is 6.04 Å². The summed E-state index contributed by atoms with van der Waals surface area (Å²) in [7, 11) is 0. The molecule has 0 radical (unpaired) electrons. The van der Waals surface area contributed by atoms with Gasteiger partial charge >= 0.3 is 0 Å². The maximum atomic E-state index is 9.31. The number of aliphatic hydroxyl groups is 1. The van der Waals surface area contributed by atoms with Gasteiger partial charge < -0.3 is 5.11 Å². The second-order valence-electron chi connectivity index (χ2n) is 4.16. The highest BCUT2D eigenvalue weighted by Gasteiger charge is 2.12. The Kier molecular flexibility index (Phi) is 4.72. The van der Waals surface area contributed by atoms with Crippen LogP contribution in [0.5, 0.6) is 0 Å². The van der Waals surface area contributed by atoms with Crippen LogP contribution in [0.3, 0.4) is 0 Å². The van der Waals surface area contributed by atoms with Crippen molar-refractivity contribution in [3.05, 3.63) is 73.3 Å². The SMILES string of the molecule is C=C[C@H](CO)NN(c1ccccc1)c1ccccc1. The van der Waals surface area contributed by atoms with E-state index in [4.69, 9.17) is 0 Å². The summed E-state index contributed by atoms with van der Waals surface area (Å²) < 4.78 is 0. The van der Waals surface area contributed by atoms with Gasteiger partial charge in [0.05, 0.1) is 24.0 Å². The Labute approximate surface area is 113 Å². The molecule has 3 nitrogen and oxygen atoms in total. The molecule has 0 spiro atoms. The number of hydrogen-bond acceptors (Lipinski definition) is 3. The van der Waals surface area contributed by atoms with Gasteiger partial charge in [0.15, 0.2) is 0 Å². The summed E-state index contributed by atoms with van der Waals surface area (Å²) in [5, 5.41) is 11.3. The first-order chi connectivity index (χ1) is 9.35. The lowest BCUT2D eigenvalue weighted by molar-refractivity contribution is 0.265. The van der Waals surface area contributed by atoms with Crippen LogP contribution in [0.15, 0.2) is 73.3 Å². The van der Waals surface area contributed by atoms with E-state index in [9.17, 15) is 5.11 Å². The Morgan fingerprint density at radius 2 is 1.47 bits per heavy atom. The highest BCUT2D eigenvalue weighted by molar-refractivity contribution is 5.61. The van der Waals surface area contributed by atoms with Gasteiger partial charge in [0.2, 0.25) is 0 Å². The molecule has 0 aliphatic carbocycles. The number of hydrazine groups is 1. The fourth-order valence-corrected chi connectivity index (χ4v) is 1.79. The smallest absolute Gasteiger partial charge is 0.0675 e. The van der Waals surface area contributed by atoms with Crippen LogP contribution >= 0.6 is 0 Å². The Balaban J connectivity index is 2.31. The van der Waals surface area contributed by atoms with Crippen LogP contribution in [-0.2, 0) is 0 Å². The third kappa shape index (κ3) is 3.44. The maximum Gasteiger partial charge on any atom is 0.0675 e. The minimum absolute atomic E-state index is 0.000330. The molecule has 0 saturated heterocycles. The fourth-order valence-electron chi connectivity index (χ4n) is 1.79. The Morgan fingerprint density at radius 1 is 1.00 bits per heavy atom. The van der Waals surface area contributed by atoms with E-state index in [-0.39, 0.29) is 12.6 Å². The van der Waals surface area contributed by atoms with Gasteiger partial charge in [-0.2, -0.15) is 0 Å². The van der Waals surface area contributed by atoms with Crippen LogP contribution in [0.2, 0.25) is 0 Å². The molecule has 0 heterocycles. The summed E-state index contributed by atoms with van der Waals surface area (Å²) in [6.07, 6.45) is 1.69. The molecule has 1 atom stereocenters. The van der Waals surface area contributed by atoms with Gasteiger partial charge in [0.25, 0.3) is 0 Å². The van der Waals surface area contributed by atoms with Crippen molar-refractivity contribution in [1.29, 1.82) is 0 Å². The topological polar surface area (TPSA) is 35.5 Å². The Morgan fingerprint density at radius 3 is 1.84 bits per heavy atom. The molecule has 2 rings (SSSR count). The van der Waals surface area contributed by atoms with Gasteiger partial charge in [-0.3, -0.25) is 5.01 Å². The summed E-state index contributed by atoms with van der Waals surface area (Å²) in [6, 6.07) is 19.7. The molecular weight excluding hydrogens is 236 g/mol. The first-order valence-corrected chi connectivity index (χ1v) is 6.25. The molecule has 0 unspecified atom stereocenters. The zero-order valence-electron chi connectivity index (χ0n) is 10.7. The average Bonchev–Trinajstić information content (AvgIpc) is 2.50. The number of hydrogen-bond donors (Lipinski definition) is 2. The van der Waals surface area contributed by atoms with Gasteiger partial charge in [-0.25, -0.2) is 5.43 Å². The summed E-state index contributed by atoms with van der Waals surface area (Å²) in [5.41, 5.74) is 5.27. The number of nitrogens with zero attached hydrogens (tertiary/aromatic N) is 1. The monoisotopic (exact) mass is 254 g/mol. The molecule has 0 fully saturated rings. The van der Waals surface area contributed by atoms with Crippen LogP contribution < -0.4 is 10.4 Å². The number of benzene rings is 2. The van der Waals surface area contributed by atoms with Crippen molar-refractivity contribution in [2.24, 2.45) is 0 Å². The first kappa shape index (κ1) is 13.3. The van der Waals surface area contributed by atoms with Crippen molar-refractivity contribution in [3.8, 4) is 0 Å². The lowest BCUT2D eigenvalue weighted by Gasteiger charge is -2.28. The largest absolute Gasteiger partial charge is 0.394 e. The number of anilines is 2. The fraction of sp³-hybridized carbons (Fsp3) is 0.125. The zero-order chi connectivity index (χ0) is 13.5. The molecule has 0 aliphatic rings. The van der Waals surface area contributed by atoms with E-state index in [0.717, 1.165) is 11.4 Å². The van der Waals surface area contributed by atoms with Crippen molar-refractivity contribution >= 4 is 11.4 Å². The zero-order valence-corrected chi connectivity index (χ0v) is 10.7. The predicted octanol–water partition coefficient (Wildman–Crippen LogP) is 2.88. The van der Waals surface area contributed by atoms with Crippen molar-refractivity contribution in [1.82, 2.24) is 5.43 Å². The lowest BCUT2D eigenvalue weighted by atomic mass is 10.2. The number of rotatable bonds is 6. The highest BCUT2D eigenvalue weighted by atomic mass is 16.3. The van der Waals surface area contributed by atoms with Crippen LogP contribution in [0.1, 0.15) is 0 Å². The third-order valence-electron chi connectivity index (χ3n) is 2.80. The standard InChI is InChI=1S/C16H18N2O/c1-2-14(13-19)17-18(15-9-5-3-6-10-15)16-11-7-4-8-12-16/h2-12,14,17,19H,1,13H2/t14-/m1/s1. The third-order valence-corrected chi connectivity index (χ3v) is 2.80. The van der Waals surface area contributed by atoms with Gasteiger partial charge in [-0.05, 0) is 24.3 Å². The molecule has 0 saturated carbocycles. The second kappa shape index (κ2) is 6.73. The van der Waals surface area contributed by atoms with E-state index in [1.54, 1.807) is 6.08 Å². The number of aliphatic hydroxyl groups excluding tert-OH is 1. The van der Waals surface area contributed by atoms with Crippen LogP contribution in [0.25, 0.3) is 0 Å². The van der Waals surface area contributed by atoms with E-state index in [2.05, 4.69) is 12.0 Å².